The summed E-state index contributed by atoms with van der Waals surface area (Å²) >= 11 is 1.28. The molecule has 0 amide bonds. The number of thioether (sulfide) groups is 1. The Morgan fingerprint density at radius 3 is 2.50 bits per heavy atom. The van der Waals surface area contributed by atoms with Crippen LogP contribution >= 0.6 is 11.8 Å². The van der Waals surface area contributed by atoms with Crippen LogP contribution < -0.4 is 9.47 Å². The van der Waals surface area contributed by atoms with Crippen LogP contribution in [0.25, 0.3) is 5.69 Å². The molecule has 0 spiro atoms. The SMILES string of the molecule is COc1ccc(OC)c(C(=O)CSc2nnnn2-c2ccc(C(C)C)cc2)c1. The van der Waals surface area contributed by atoms with E-state index in [9.17, 15) is 4.79 Å². The normalized spacial score (nSPS) is 10.9. The number of tetrazole rings is 1. The van der Waals surface area contributed by atoms with Crippen molar-refractivity contribution in [1.29, 1.82) is 0 Å². The lowest BCUT2D eigenvalue weighted by Crippen LogP contribution is -2.07. The number of carbonyl (C=O) groups excluding carboxylic acids is 1. The number of methoxy groups -OCH3 is 2. The fourth-order valence-electron chi connectivity index (χ4n) is 2.67. The van der Waals surface area contributed by atoms with E-state index in [1.165, 1.54) is 24.4 Å². The van der Waals surface area contributed by atoms with Crippen LogP contribution in [0.1, 0.15) is 35.7 Å². The first-order valence-corrected chi connectivity index (χ1v) is 9.78. The molecule has 0 unspecified atom stereocenters. The van der Waals surface area contributed by atoms with Gasteiger partial charge in [-0.15, -0.1) is 5.10 Å². The van der Waals surface area contributed by atoms with Gasteiger partial charge in [-0.3, -0.25) is 4.79 Å². The Labute approximate surface area is 168 Å². The van der Waals surface area contributed by atoms with Crippen LogP contribution in [0.5, 0.6) is 11.5 Å². The van der Waals surface area contributed by atoms with Crippen molar-refractivity contribution in [2.24, 2.45) is 0 Å². The van der Waals surface area contributed by atoms with Crippen molar-refractivity contribution in [3.8, 4) is 17.2 Å². The monoisotopic (exact) mass is 398 g/mol. The summed E-state index contributed by atoms with van der Waals surface area (Å²) in [6.07, 6.45) is 0. The Bertz CT molecular complexity index is 954. The lowest BCUT2D eigenvalue weighted by Gasteiger charge is -2.10. The van der Waals surface area contributed by atoms with E-state index in [1.54, 1.807) is 30.0 Å². The maximum Gasteiger partial charge on any atom is 0.214 e. The number of nitrogens with zero attached hydrogens (tertiary/aromatic N) is 4. The topological polar surface area (TPSA) is 79.1 Å². The van der Waals surface area contributed by atoms with Crippen LogP contribution in [0, 0.1) is 0 Å². The molecule has 1 heterocycles. The molecule has 2 aromatic carbocycles. The van der Waals surface area contributed by atoms with E-state index in [1.807, 2.05) is 12.1 Å². The van der Waals surface area contributed by atoms with Crippen molar-refractivity contribution in [1.82, 2.24) is 20.2 Å². The molecule has 0 aliphatic carbocycles. The Kier molecular flexibility index (Phi) is 6.30. The molecule has 8 heteroatoms. The van der Waals surface area contributed by atoms with E-state index < -0.39 is 0 Å². The first kappa shape index (κ1) is 19.9. The van der Waals surface area contributed by atoms with Crippen molar-refractivity contribution in [2.45, 2.75) is 24.9 Å². The van der Waals surface area contributed by atoms with E-state index in [0.29, 0.717) is 28.1 Å². The molecule has 146 valence electrons. The fraction of sp³-hybridized carbons (Fsp3) is 0.300. The number of hydrogen-bond acceptors (Lipinski definition) is 7. The van der Waals surface area contributed by atoms with Crippen molar-refractivity contribution in [3.05, 3.63) is 53.6 Å². The van der Waals surface area contributed by atoms with E-state index in [0.717, 1.165) is 5.69 Å². The first-order valence-electron chi connectivity index (χ1n) is 8.80. The van der Waals surface area contributed by atoms with Crippen LogP contribution in [0.4, 0.5) is 0 Å². The number of aromatic nitrogens is 4. The number of ketones is 1. The molecule has 28 heavy (non-hydrogen) atoms. The lowest BCUT2D eigenvalue weighted by atomic mass is 10.0. The zero-order valence-corrected chi connectivity index (χ0v) is 17.1. The number of Topliss-reactive ketones (excluding diaryl/α,β-unsaturated/α-hetero) is 1. The Morgan fingerprint density at radius 1 is 1.11 bits per heavy atom. The smallest absolute Gasteiger partial charge is 0.214 e. The lowest BCUT2D eigenvalue weighted by molar-refractivity contribution is 0.101. The Hall–Kier alpha value is -2.87. The van der Waals surface area contributed by atoms with E-state index in [4.69, 9.17) is 9.47 Å². The predicted molar refractivity (Wildman–Crippen MR) is 108 cm³/mol. The summed E-state index contributed by atoms with van der Waals surface area (Å²) in [5, 5.41) is 12.4. The highest BCUT2D eigenvalue weighted by molar-refractivity contribution is 7.99. The second-order valence-corrected chi connectivity index (χ2v) is 7.34. The van der Waals surface area contributed by atoms with Gasteiger partial charge in [0, 0.05) is 0 Å². The van der Waals surface area contributed by atoms with Gasteiger partial charge < -0.3 is 9.47 Å². The summed E-state index contributed by atoms with van der Waals surface area (Å²) < 4.78 is 12.1. The minimum absolute atomic E-state index is 0.0922. The van der Waals surface area contributed by atoms with E-state index in [2.05, 4.69) is 41.5 Å². The van der Waals surface area contributed by atoms with E-state index in [-0.39, 0.29) is 11.5 Å². The number of benzene rings is 2. The third kappa shape index (κ3) is 4.33. The first-order chi connectivity index (χ1) is 13.5. The van der Waals surface area contributed by atoms with Crippen LogP contribution in [0.2, 0.25) is 0 Å². The molecule has 0 atom stereocenters. The zero-order chi connectivity index (χ0) is 20.1. The predicted octanol–water partition coefficient (Wildman–Crippen LogP) is 3.78. The van der Waals surface area contributed by atoms with Gasteiger partial charge in [-0.1, -0.05) is 37.7 Å². The van der Waals surface area contributed by atoms with Crippen LogP contribution in [0.3, 0.4) is 0 Å². The Morgan fingerprint density at radius 2 is 1.86 bits per heavy atom. The maximum absolute atomic E-state index is 12.7. The van der Waals surface area contributed by atoms with E-state index >= 15 is 0 Å². The number of hydrogen-bond donors (Lipinski definition) is 0. The standard InChI is InChI=1S/C20H22N4O3S/c1-13(2)14-5-7-15(8-6-14)24-20(21-22-23-24)28-12-18(25)17-11-16(26-3)9-10-19(17)27-4/h5-11,13H,12H2,1-4H3. The van der Waals surface area contributed by atoms with Crippen LogP contribution in [-0.4, -0.2) is 46.0 Å². The molecular weight excluding hydrogens is 376 g/mol. The molecule has 7 nitrogen and oxygen atoms in total. The average molecular weight is 398 g/mol. The average Bonchev–Trinajstić information content (AvgIpc) is 3.20. The third-order valence-electron chi connectivity index (χ3n) is 4.28. The van der Waals surface area contributed by atoms with Crippen LogP contribution in [-0.2, 0) is 0 Å². The molecule has 0 saturated heterocycles. The number of rotatable bonds is 8. The quantitative estimate of drug-likeness (QED) is 0.422. The number of carbonyl (C=O) groups is 1. The summed E-state index contributed by atoms with van der Waals surface area (Å²) in [5.74, 6) is 1.64. The molecule has 3 rings (SSSR count). The minimum Gasteiger partial charge on any atom is -0.497 e. The minimum atomic E-state index is -0.0922. The van der Waals surface area contributed by atoms with Crippen molar-refractivity contribution in [3.63, 3.8) is 0 Å². The van der Waals surface area contributed by atoms with Gasteiger partial charge in [0.25, 0.3) is 0 Å². The van der Waals surface area contributed by atoms with Gasteiger partial charge in [-0.25, -0.2) is 0 Å². The van der Waals surface area contributed by atoms with Gasteiger partial charge in [-0.2, -0.15) is 4.68 Å². The van der Waals surface area contributed by atoms with Crippen molar-refractivity contribution in [2.75, 3.05) is 20.0 Å². The maximum atomic E-state index is 12.7. The highest BCUT2D eigenvalue weighted by Crippen LogP contribution is 2.27. The van der Waals surface area contributed by atoms with Crippen molar-refractivity contribution < 1.29 is 14.3 Å². The molecule has 0 radical (unpaired) electrons. The fourth-order valence-corrected chi connectivity index (χ4v) is 3.45. The summed E-state index contributed by atoms with van der Waals surface area (Å²) in [6, 6.07) is 13.2. The molecular formula is C20H22N4O3S. The second kappa shape index (κ2) is 8.88. The largest absolute Gasteiger partial charge is 0.497 e. The summed E-state index contributed by atoms with van der Waals surface area (Å²) in [6.45, 7) is 4.29. The van der Waals surface area contributed by atoms with Gasteiger partial charge in [0.15, 0.2) is 5.78 Å². The Balaban J connectivity index is 1.76. The zero-order valence-electron chi connectivity index (χ0n) is 16.2. The summed E-state index contributed by atoms with van der Waals surface area (Å²) in [7, 11) is 3.09. The number of ether oxygens (including phenoxy) is 2. The van der Waals surface area contributed by atoms with Gasteiger partial charge >= 0.3 is 0 Å². The molecule has 0 aliphatic heterocycles. The summed E-state index contributed by atoms with van der Waals surface area (Å²) in [4.78, 5) is 12.7. The van der Waals surface area contributed by atoms with Gasteiger partial charge in [0.05, 0.1) is 31.2 Å². The molecule has 0 saturated carbocycles. The van der Waals surface area contributed by atoms with Gasteiger partial charge in [0.2, 0.25) is 5.16 Å². The van der Waals surface area contributed by atoms with Crippen LogP contribution in [0.15, 0.2) is 47.6 Å². The van der Waals surface area contributed by atoms with Crippen molar-refractivity contribution >= 4 is 17.5 Å². The molecule has 1 aromatic heterocycles. The third-order valence-corrected chi connectivity index (χ3v) is 5.20. The highest BCUT2D eigenvalue weighted by atomic mass is 32.2. The molecule has 0 aliphatic rings. The van der Waals surface area contributed by atoms with Gasteiger partial charge in [0.1, 0.15) is 11.5 Å². The van der Waals surface area contributed by atoms with Gasteiger partial charge in [-0.05, 0) is 52.2 Å². The highest BCUT2D eigenvalue weighted by Gasteiger charge is 2.17. The summed E-state index contributed by atoms with van der Waals surface area (Å²) in [5.41, 5.74) is 2.56. The molecule has 3 aromatic rings. The second-order valence-electron chi connectivity index (χ2n) is 6.40. The molecule has 0 fully saturated rings. The molecule has 0 N–H and O–H groups in total. The molecule has 0 bridgehead atoms.